The largest absolute Gasteiger partial charge is 0.468 e. The summed E-state index contributed by atoms with van der Waals surface area (Å²) in [7, 11) is 0. The van der Waals surface area contributed by atoms with Gasteiger partial charge in [-0.3, -0.25) is 4.90 Å². The maximum absolute atomic E-state index is 5.70. The zero-order valence-corrected chi connectivity index (χ0v) is 18.3. The van der Waals surface area contributed by atoms with Crippen molar-refractivity contribution in [2.45, 2.75) is 45.7 Å². The topological polar surface area (TPSA) is 91.7 Å². The van der Waals surface area contributed by atoms with Crippen LogP contribution in [0, 0.1) is 6.92 Å². The Morgan fingerprint density at radius 1 is 1.30 bits per heavy atom. The number of hydrogen-bond donors (Lipinski definition) is 2. The molecule has 0 aromatic carbocycles. The molecule has 1 saturated heterocycles. The Bertz CT molecular complexity index is 682. The van der Waals surface area contributed by atoms with Crippen LogP contribution in [0.5, 0.6) is 0 Å². The minimum atomic E-state index is 0. The number of aliphatic imine (C=N–C) groups is 1. The Morgan fingerprint density at radius 3 is 2.74 bits per heavy atom. The zero-order valence-electron chi connectivity index (χ0n) is 16.0. The van der Waals surface area contributed by atoms with Crippen LogP contribution < -0.4 is 10.6 Å². The average Bonchev–Trinajstić information content (AvgIpc) is 3.33. The van der Waals surface area contributed by atoms with E-state index in [1.807, 2.05) is 19.1 Å². The normalized spacial score (nSPS) is 16.6. The van der Waals surface area contributed by atoms with E-state index < -0.39 is 0 Å². The third kappa shape index (κ3) is 6.49. The van der Waals surface area contributed by atoms with Gasteiger partial charge in [0.25, 0.3) is 0 Å². The molecule has 2 aromatic heterocycles. The average molecular weight is 488 g/mol. The van der Waals surface area contributed by atoms with E-state index in [4.69, 9.17) is 8.94 Å². The number of nitrogens with zero attached hydrogens (tertiary/aromatic N) is 4. The van der Waals surface area contributed by atoms with Crippen molar-refractivity contribution in [1.82, 2.24) is 25.7 Å². The molecule has 1 unspecified atom stereocenters. The molecule has 1 aliphatic heterocycles. The number of aryl methyl sites for hydroxylation is 1. The summed E-state index contributed by atoms with van der Waals surface area (Å²) >= 11 is 0. The third-order valence-electron chi connectivity index (χ3n) is 4.46. The molecule has 2 N–H and O–H groups in total. The minimum Gasteiger partial charge on any atom is -0.468 e. The van der Waals surface area contributed by atoms with E-state index in [0.29, 0.717) is 18.3 Å². The highest BCUT2D eigenvalue weighted by atomic mass is 127. The van der Waals surface area contributed by atoms with E-state index in [1.165, 1.54) is 19.3 Å². The monoisotopic (exact) mass is 488 g/mol. The predicted molar refractivity (Wildman–Crippen MR) is 114 cm³/mol. The van der Waals surface area contributed by atoms with Gasteiger partial charge in [-0.15, -0.1) is 24.0 Å². The fourth-order valence-electron chi connectivity index (χ4n) is 3.21. The SMILES string of the molecule is CCNC(=NCc1noc(C)n1)NCC(c1ccco1)N1CCCCC1.I. The highest BCUT2D eigenvalue weighted by Crippen LogP contribution is 2.24. The van der Waals surface area contributed by atoms with E-state index in [9.17, 15) is 0 Å². The Labute approximate surface area is 177 Å². The van der Waals surface area contributed by atoms with Gasteiger partial charge in [0.15, 0.2) is 11.8 Å². The second-order valence-corrected chi connectivity index (χ2v) is 6.43. The van der Waals surface area contributed by atoms with Gasteiger partial charge in [0.1, 0.15) is 12.3 Å². The lowest BCUT2D eigenvalue weighted by atomic mass is 10.1. The number of likely N-dealkylation sites (tertiary alicyclic amines) is 1. The molecule has 3 heterocycles. The van der Waals surface area contributed by atoms with E-state index in [2.05, 4.69) is 30.7 Å². The number of piperidine rings is 1. The quantitative estimate of drug-likeness (QED) is 0.352. The van der Waals surface area contributed by atoms with Crippen molar-refractivity contribution < 1.29 is 8.94 Å². The summed E-state index contributed by atoms with van der Waals surface area (Å²) in [5, 5.41) is 10.6. The first kappa shape index (κ1) is 21.7. The predicted octanol–water partition coefficient (Wildman–Crippen LogP) is 2.87. The third-order valence-corrected chi connectivity index (χ3v) is 4.46. The highest BCUT2D eigenvalue weighted by molar-refractivity contribution is 14.0. The van der Waals surface area contributed by atoms with E-state index in [-0.39, 0.29) is 30.0 Å². The van der Waals surface area contributed by atoms with Gasteiger partial charge in [-0.25, -0.2) is 4.99 Å². The molecule has 9 heteroatoms. The van der Waals surface area contributed by atoms with E-state index in [0.717, 1.165) is 37.9 Å². The smallest absolute Gasteiger partial charge is 0.223 e. The lowest BCUT2D eigenvalue weighted by Gasteiger charge is -2.33. The van der Waals surface area contributed by atoms with Crippen LogP contribution in [0.3, 0.4) is 0 Å². The highest BCUT2D eigenvalue weighted by Gasteiger charge is 2.24. The fraction of sp³-hybridized carbons (Fsp3) is 0.611. The maximum Gasteiger partial charge on any atom is 0.223 e. The number of rotatable bonds is 7. The van der Waals surface area contributed by atoms with E-state index >= 15 is 0 Å². The molecule has 150 valence electrons. The fourth-order valence-corrected chi connectivity index (χ4v) is 3.21. The van der Waals surface area contributed by atoms with Crippen molar-refractivity contribution in [3.63, 3.8) is 0 Å². The molecule has 0 aliphatic carbocycles. The van der Waals surface area contributed by atoms with Gasteiger partial charge < -0.3 is 19.6 Å². The number of halogens is 1. The summed E-state index contributed by atoms with van der Waals surface area (Å²) in [4.78, 5) is 11.2. The van der Waals surface area contributed by atoms with Crippen molar-refractivity contribution in [2.24, 2.45) is 4.99 Å². The molecule has 0 radical (unpaired) electrons. The van der Waals surface area contributed by atoms with Crippen LogP contribution in [-0.4, -0.2) is 47.2 Å². The molecular formula is C18H29IN6O2. The molecule has 0 bridgehead atoms. The van der Waals surface area contributed by atoms with Crippen molar-refractivity contribution in [2.75, 3.05) is 26.2 Å². The zero-order chi connectivity index (χ0) is 18.2. The van der Waals surface area contributed by atoms with Crippen LogP contribution in [0.15, 0.2) is 32.3 Å². The van der Waals surface area contributed by atoms with Gasteiger partial charge in [0.05, 0.1) is 12.3 Å². The van der Waals surface area contributed by atoms with Crippen LogP contribution in [-0.2, 0) is 6.54 Å². The lowest BCUT2D eigenvalue weighted by Crippen LogP contribution is -2.44. The lowest BCUT2D eigenvalue weighted by molar-refractivity contribution is 0.146. The van der Waals surface area contributed by atoms with Crippen molar-refractivity contribution >= 4 is 29.9 Å². The van der Waals surface area contributed by atoms with Gasteiger partial charge in [-0.05, 0) is 45.0 Å². The molecule has 1 fully saturated rings. The molecule has 27 heavy (non-hydrogen) atoms. The Kier molecular flexibility index (Phi) is 9.05. The van der Waals surface area contributed by atoms with Crippen molar-refractivity contribution in [1.29, 1.82) is 0 Å². The van der Waals surface area contributed by atoms with Gasteiger partial charge in [0.2, 0.25) is 5.89 Å². The summed E-state index contributed by atoms with van der Waals surface area (Å²) in [6, 6.07) is 4.19. The molecular weight excluding hydrogens is 459 g/mol. The summed E-state index contributed by atoms with van der Waals surface area (Å²) in [5.41, 5.74) is 0. The van der Waals surface area contributed by atoms with Gasteiger partial charge in [0, 0.05) is 20.0 Å². The van der Waals surface area contributed by atoms with Crippen LogP contribution in [0.1, 0.15) is 49.7 Å². The minimum absolute atomic E-state index is 0. The Morgan fingerprint density at radius 2 is 2.11 bits per heavy atom. The van der Waals surface area contributed by atoms with Crippen LogP contribution in [0.4, 0.5) is 0 Å². The van der Waals surface area contributed by atoms with Gasteiger partial charge in [-0.1, -0.05) is 11.6 Å². The number of nitrogens with one attached hydrogen (secondary N) is 2. The summed E-state index contributed by atoms with van der Waals surface area (Å²) < 4.78 is 10.7. The molecule has 2 aromatic rings. The first-order valence-corrected chi connectivity index (χ1v) is 9.35. The molecule has 0 saturated carbocycles. The summed E-state index contributed by atoms with van der Waals surface area (Å²) in [6.07, 6.45) is 5.53. The first-order chi connectivity index (χ1) is 12.8. The summed E-state index contributed by atoms with van der Waals surface area (Å²) in [6.45, 7) is 7.91. The van der Waals surface area contributed by atoms with Crippen LogP contribution >= 0.6 is 24.0 Å². The van der Waals surface area contributed by atoms with Crippen LogP contribution in [0.25, 0.3) is 0 Å². The Balaban J connectivity index is 0.00000261. The molecule has 1 aliphatic rings. The van der Waals surface area contributed by atoms with Crippen LogP contribution in [0.2, 0.25) is 0 Å². The molecule has 8 nitrogen and oxygen atoms in total. The summed E-state index contributed by atoms with van der Waals surface area (Å²) in [5.74, 6) is 2.86. The molecule has 0 amide bonds. The number of aromatic nitrogens is 2. The van der Waals surface area contributed by atoms with Gasteiger partial charge >= 0.3 is 0 Å². The van der Waals surface area contributed by atoms with Crippen molar-refractivity contribution in [3.05, 3.63) is 35.9 Å². The maximum atomic E-state index is 5.70. The number of guanidine groups is 1. The second-order valence-electron chi connectivity index (χ2n) is 6.43. The standard InChI is InChI=1S/C18H28N6O2.HI/c1-3-19-18(21-13-17-22-14(2)26-23-17)20-12-15(16-8-7-11-25-16)24-9-5-4-6-10-24;/h7-8,11,15H,3-6,9-10,12-13H2,1-2H3,(H2,19,20,21);1H. The van der Waals surface area contributed by atoms with E-state index in [1.54, 1.807) is 13.2 Å². The van der Waals surface area contributed by atoms with Crippen molar-refractivity contribution in [3.8, 4) is 0 Å². The Hall–Kier alpha value is -1.62. The molecule has 1 atom stereocenters. The molecule has 3 rings (SSSR count). The first-order valence-electron chi connectivity index (χ1n) is 9.35. The number of furan rings is 1. The molecule has 0 spiro atoms. The second kappa shape index (κ2) is 11.3. The van der Waals surface area contributed by atoms with Gasteiger partial charge in [-0.2, -0.15) is 4.98 Å². The number of hydrogen-bond acceptors (Lipinski definition) is 6.